The zero-order chi connectivity index (χ0) is 24.0. The first-order chi connectivity index (χ1) is 17.2. The molecule has 0 saturated heterocycles. The lowest BCUT2D eigenvalue weighted by Crippen LogP contribution is -2.13. The Bertz CT molecular complexity index is 1560. The van der Waals surface area contributed by atoms with Crippen LogP contribution in [0.5, 0.6) is 5.75 Å². The fourth-order valence-electron chi connectivity index (χ4n) is 3.47. The maximum absolute atomic E-state index is 13.3. The summed E-state index contributed by atoms with van der Waals surface area (Å²) in [5.74, 6) is -0.0405. The zero-order valence-corrected chi connectivity index (χ0v) is 18.5. The number of aromatic hydroxyl groups is 1. The molecule has 5 aromatic rings. The minimum Gasteiger partial charge on any atom is -0.507 e. The number of H-pyrrole nitrogens is 1. The fraction of sp³-hybridized carbons (Fsp3) is 0. The van der Waals surface area contributed by atoms with Crippen molar-refractivity contribution in [2.45, 2.75) is 0 Å². The van der Waals surface area contributed by atoms with Crippen LogP contribution in [0.1, 0.15) is 0 Å². The summed E-state index contributed by atoms with van der Waals surface area (Å²) in [6.07, 6.45) is 0. The maximum atomic E-state index is 13.3. The van der Waals surface area contributed by atoms with Crippen molar-refractivity contribution in [1.82, 2.24) is 9.78 Å². The highest BCUT2D eigenvalue weighted by Gasteiger charge is 2.20. The normalized spacial score (nSPS) is 11.4. The molecule has 8 nitrogen and oxygen atoms in total. The Hall–Kier alpha value is -5.11. The van der Waals surface area contributed by atoms with Gasteiger partial charge < -0.3 is 5.11 Å². The van der Waals surface area contributed by atoms with Crippen LogP contribution in [0.2, 0.25) is 0 Å². The minimum atomic E-state index is -0.401. The smallest absolute Gasteiger partial charge is 0.299 e. The Kier molecular flexibility index (Phi) is 6.08. The van der Waals surface area contributed by atoms with E-state index in [-0.39, 0.29) is 11.4 Å². The molecule has 0 unspecified atom stereocenters. The average Bonchev–Trinajstić information content (AvgIpc) is 3.24. The molecule has 0 radical (unpaired) electrons. The molecular weight excluding hydrogens is 440 g/mol. The van der Waals surface area contributed by atoms with Gasteiger partial charge in [0.15, 0.2) is 5.69 Å². The topological polar surface area (TPSA) is 107 Å². The number of aromatic nitrogens is 2. The quantitative estimate of drug-likeness (QED) is 0.258. The molecule has 1 heterocycles. The third kappa shape index (κ3) is 4.81. The van der Waals surface area contributed by atoms with Crippen molar-refractivity contribution in [1.29, 1.82) is 0 Å². The van der Waals surface area contributed by atoms with Crippen LogP contribution in [0.3, 0.4) is 0 Å². The van der Waals surface area contributed by atoms with Gasteiger partial charge in [-0.05, 0) is 54.6 Å². The summed E-state index contributed by atoms with van der Waals surface area (Å²) >= 11 is 0. The van der Waals surface area contributed by atoms with Crippen molar-refractivity contribution >= 4 is 22.7 Å². The monoisotopic (exact) mass is 460 g/mol. The van der Waals surface area contributed by atoms with Crippen LogP contribution < -0.4 is 5.56 Å². The molecule has 5 rings (SSSR count). The number of rotatable bonds is 6. The van der Waals surface area contributed by atoms with Crippen LogP contribution in [0.25, 0.3) is 16.9 Å². The van der Waals surface area contributed by atoms with Crippen LogP contribution in [-0.2, 0) is 0 Å². The van der Waals surface area contributed by atoms with Gasteiger partial charge in [0.05, 0.1) is 28.4 Å². The number of phenols is 1. The molecule has 0 amide bonds. The van der Waals surface area contributed by atoms with Gasteiger partial charge in [-0.15, -0.1) is 5.11 Å². The summed E-state index contributed by atoms with van der Waals surface area (Å²) in [6.45, 7) is 0. The Morgan fingerprint density at radius 3 is 1.80 bits per heavy atom. The molecule has 0 atom stereocenters. The summed E-state index contributed by atoms with van der Waals surface area (Å²) in [6, 6.07) is 32.3. The molecule has 2 N–H and O–H groups in total. The molecule has 0 bridgehead atoms. The van der Waals surface area contributed by atoms with E-state index in [1.165, 1.54) is 10.7 Å². The largest absolute Gasteiger partial charge is 0.507 e. The van der Waals surface area contributed by atoms with Crippen LogP contribution in [0.15, 0.2) is 134 Å². The number of nitrogens with zero attached hydrogens (tertiary/aromatic N) is 5. The van der Waals surface area contributed by atoms with E-state index >= 15 is 0 Å². The lowest BCUT2D eigenvalue weighted by molar-refractivity contribution is 0.477. The molecule has 8 heteroatoms. The van der Waals surface area contributed by atoms with Crippen LogP contribution in [0, 0.1) is 0 Å². The second-order valence-electron chi connectivity index (χ2n) is 7.58. The second-order valence-corrected chi connectivity index (χ2v) is 7.58. The lowest BCUT2D eigenvalue weighted by Gasteiger charge is -2.05. The first kappa shape index (κ1) is 21.7. The van der Waals surface area contributed by atoms with E-state index in [0.717, 1.165) is 0 Å². The van der Waals surface area contributed by atoms with E-state index in [1.54, 1.807) is 36.4 Å². The SMILES string of the molecule is O=c1c(N=Nc2ccccc2)c(-c2cc(N=Nc3ccccc3)ccc2O)[nH]n1-c1ccccc1. The molecule has 1 aromatic heterocycles. The summed E-state index contributed by atoms with van der Waals surface area (Å²) in [5, 5.41) is 30.8. The molecule has 0 aliphatic rings. The third-order valence-corrected chi connectivity index (χ3v) is 5.19. The van der Waals surface area contributed by atoms with E-state index in [9.17, 15) is 9.90 Å². The highest BCUT2D eigenvalue weighted by molar-refractivity contribution is 5.78. The highest BCUT2D eigenvalue weighted by Crippen LogP contribution is 2.37. The summed E-state index contributed by atoms with van der Waals surface area (Å²) in [4.78, 5) is 13.3. The molecule has 4 aromatic carbocycles. The highest BCUT2D eigenvalue weighted by atomic mass is 16.3. The van der Waals surface area contributed by atoms with E-state index in [2.05, 4.69) is 25.6 Å². The van der Waals surface area contributed by atoms with E-state index < -0.39 is 5.56 Å². The van der Waals surface area contributed by atoms with Crippen molar-refractivity contribution < 1.29 is 5.11 Å². The van der Waals surface area contributed by atoms with Crippen LogP contribution in [0.4, 0.5) is 22.7 Å². The first-order valence-electron chi connectivity index (χ1n) is 10.9. The zero-order valence-electron chi connectivity index (χ0n) is 18.5. The van der Waals surface area contributed by atoms with E-state index in [1.807, 2.05) is 66.7 Å². The number of hydrogen-bond acceptors (Lipinski definition) is 6. The average molecular weight is 460 g/mol. The Morgan fingerprint density at radius 2 is 1.17 bits per heavy atom. The summed E-state index contributed by atoms with van der Waals surface area (Å²) in [7, 11) is 0. The van der Waals surface area contributed by atoms with Crippen LogP contribution >= 0.6 is 0 Å². The number of azo groups is 2. The Morgan fingerprint density at radius 1 is 0.629 bits per heavy atom. The molecule has 0 saturated carbocycles. The van der Waals surface area contributed by atoms with Crippen molar-refractivity contribution in [3.05, 3.63) is 120 Å². The molecule has 0 spiro atoms. The van der Waals surface area contributed by atoms with Gasteiger partial charge in [0.25, 0.3) is 5.56 Å². The van der Waals surface area contributed by atoms with Crippen LogP contribution in [-0.4, -0.2) is 14.9 Å². The molecule has 0 fully saturated rings. The van der Waals surface area contributed by atoms with E-state index in [4.69, 9.17) is 0 Å². The number of hydrogen-bond donors (Lipinski definition) is 2. The standard InChI is InChI=1S/C27H20N6O2/c34-24-17-16-21(30-28-19-10-4-1-5-11-19)18-23(24)25-26(31-29-20-12-6-2-7-13-20)27(35)33(32-25)22-14-8-3-9-15-22/h1-18,32,34H. The minimum absolute atomic E-state index is 0.0405. The third-order valence-electron chi connectivity index (χ3n) is 5.19. The van der Waals surface area contributed by atoms with Gasteiger partial charge in [0, 0.05) is 5.56 Å². The van der Waals surface area contributed by atoms with Gasteiger partial charge in [-0.25, -0.2) is 4.68 Å². The number of benzene rings is 4. The van der Waals surface area contributed by atoms with Gasteiger partial charge in [0.2, 0.25) is 0 Å². The predicted octanol–water partition coefficient (Wildman–Crippen LogP) is 7.37. The molecule has 35 heavy (non-hydrogen) atoms. The van der Waals surface area contributed by atoms with Gasteiger partial charge in [-0.3, -0.25) is 9.89 Å². The molecule has 0 aliphatic heterocycles. The van der Waals surface area contributed by atoms with E-state index in [0.29, 0.717) is 34.0 Å². The Labute approximate surface area is 200 Å². The van der Waals surface area contributed by atoms with Crippen molar-refractivity contribution in [3.8, 4) is 22.7 Å². The van der Waals surface area contributed by atoms with Gasteiger partial charge in [-0.2, -0.15) is 15.3 Å². The summed E-state index contributed by atoms with van der Waals surface area (Å²) < 4.78 is 1.37. The number of nitrogens with one attached hydrogen (secondary N) is 1. The maximum Gasteiger partial charge on any atom is 0.299 e. The number of phenolic OH excluding ortho intramolecular Hbond substituents is 1. The van der Waals surface area contributed by atoms with Crippen molar-refractivity contribution in [3.63, 3.8) is 0 Å². The fourth-order valence-corrected chi connectivity index (χ4v) is 3.47. The Balaban J connectivity index is 1.62. The lowest BCUT2D eigenvalue weighted by atomic mass is 10.1. The van der Waals surface area contributed by atoms with Crippen molar-refractivity contribution in [2.24, 2.45) is 20.5 Å². The van der Waals surface area contributed by atoms with Gasteiger partial charge >= 0.3 is 0 Å². The molecule has 0 aliphatic carbocycles. The number of aromatic amines is 1. The summed E-state index contributed by atoms with van der Waals surface area (Å²) in [5.41, 5.74) is 2.74. The van der Waals surface area contributed by atoms with Gasteiger partial charge in [-0.1, -0.05) is 54.6 Å². The predicted molar refractivity (Wildman–Crippen MR) is 135 cm³/mol. The van der Waals surface area contributed by atoms with Crippen molar-refractivity contribution in [2.75, 3.05) is 0 Å². The second kappa shape index (κ2) is 9.80. The number of para-hydroxylation sites is 1. The first-order valence-corrected chi connectivity index (χ1v) is 10.9. The molecule has 170 valence electrons. The van der Waals surface area contributed by atoms with Gasteiger partial charge in [0.1, 0.15) is 5.75 Å². The molecular formula is C27H20N6O2.